The van der Waals surface area contributed by atoms with Gasteiger partial charge in [0.15, 0.2) is 11.2 Å². The van der Waals surface area contributed by atoms with Crippen LogP contribution in [0.2, 0.25) is 0 Å². The minimum absolute atomic E-state index is 0.126. The third-order valence-electron chi connectivity index (χ3n) is 3.34. The number of allylic oxidation sites excluding steroid dienone is 1. The number of imidazole rings is 1. The van der Waals surface area contributed by atoms with Crippen LogP contribution in [0.5, 0.6) is 5.88 Å². The number of rotatable bonds is 3. The molecule has 0 amide bonds. The summed E-state index contributed by atoms with van der Waals surface area (Å²) >= 11 is 0. The molecule has 2 atom stereocenters. The molecule has 2 unspecified atom stereocenters. The summed E-state index contributed by atoms with van der Waals surface area (Å²) in [7, 11) is 1.53. The maximum Gasteiger partial charge on any atom is 0.246 e. The molecule has 0 saturated carbocycles. The van der Waals surface area contributed by atoms with Crippen LogP contribution in [0.25, 0.3) is 11.2 Å². The van der Waals surface area contributed by atoms with Gasteiger partial charge in [-0.2, -0.15) is 9.97 Å². The lowest BCUT2D eigenvalue weighted by Crippen LogP contribution is -2.08. The van der Waals surface area contributed by atoms with Crippen LogP contribution in [0.4, 0.5) is 5.95 Å². The average Bonchev–Trinajstić information content (AvgIpc) is 3.03. The van der Waals surface area contributed by atoms with Gasteiger partial charge >= 0.3 is 0 Å². The van der Waals surface area contributed by atoms with Crippen LogP contribution in [0.1, 0.15) is 12.5 Å². The molecule has 1 aliphatic rings. The van der Waals surface area contributed by atoms with Gasteiger partial charge in [-0.25, -0.2) is 4.98 Å². The Morgan fingerprint density at radius 1 is 1.47 bits per heavy atom. The van der Waals surface area contributed by atoms with Gasteiger partial charge in [0.1, 0.15) is 0 Å². The predicted octanol–water partition coefficient (Wildman–Crippen LogP) is 0.527. The van der Waals surface area contributed by atoms with Crippen LogP contribution in [-0.4, -0.2) is 38.3 Å². The van der Waals surface area contributed by atoms with Crippen molar-refractivity contribution >= 4 is 17.1 Å². The second-order valence-corrected chi connectivity index (χ2v) is 4.55. The molecule has 3 N–H and O–H groups in total. The van der Waals surface area contributed by atoms with Crippen LogP contribution >= 0.6 is 0 Å². The number of aromatic nitrogens is 4. The van der Waals surface area contributed by atoms with Crippen LogP contribution in [0.3, 0.4) is 0 Å². The summed E-state index contributed by atoms with van der Waals surface area (Å²) in [6.45, 7) is 0.153. The number of aliphatic hydroxyl groups excluding tert-OH is 1. The lowest BCUT2D eigenvalue weighted by atomic mass is 10.1. The summed E-state index contributed by atoms with van der Waals surface area (Å²) in [6.07, 6.45) is 6.59. The molecule has 0 saturated heterocycles. The molecule has 7 nitrogen and oxygen atoms in total. The van der Waals surface area contributed by atoms with E-state index in [2.05, 4.69) is 15.0 Å². The molecule has 1 aliphatic carbocycles. The van der Waals surface area contributed by atoms with Crippen molar-refractivity contribution in [3.8, 4) is 5.88 Å². The first-order chi connectivity index (χ1) is 9.22. The molecule has 2 heterocycles. The lowest BCUT2D eigenvalue weighted by Gasteiger charge is -2.12. The predicted molar refractivity (Wildman–Crippen MR) is 69.7 cm³/mol. The van der Waals surface area contributed by atoms with Crippen molar-refractivity contribution in [3.05, 3.63) is 18.5 Å². The van der Waals surface area contributed by atoms with Crippen molar-refractivity contribution < 1.29 is 9.84 Å². The van der Waals surface area contributed by atoms with Gasteiger partial charge in [-0.05, 0) is 6.42 Å². The van der Waals surface area contributed by atoms with E-state index in [1.807, 2.05) is 16.7 Å². The Bertz CT molecular complexity index is 636. The minimum Gasteiger partial charge on any atom is -0.479 e. The zero-order valence-electron chi connectivity index (χ0n) is 10.5. The number of nitrogen functional groups attached to an aromatic ring is 1. The second-order valence-electron chi connectivity index (χ2n) is 4.55. The van der Waals surface area contributed by atoms with E-state index in [0.717, 1.165) is 6.42 Å². The topological polar surface area (TPSA) is 99.1 Å². The first-order valence-corrected chi connectivity index (χ1v) is 6.06. The molecule has 0 radical (unpaired) electrons. The van der Waals surface area contributed by atoms with Gasteiger partial charge in [-0.1, -0.05) is 12.2 Å². The van der Waals surface area contributed by atoms with Crippen molar-refractivity contribution in [2.45, 2.75) is 12.5 Å². The quantitative estimate of drug-likeness (QED) is 0.782. The van der Waals surface area contributed by atoms with E-state index in [0.29, 0.717) is 17.0 Å². The third-order valence-corrected chi connectivity index (χ3v) is 3.34. The van der Waals surface area contributed by atoms with Gasteiger partial charge in [0, 0.05) is 12.5 Å². The molecular weight excluding hydrogens is 246 g/mol. The average molecular weight is 261 g/mol. The zero-order chi connectivity index (χ0) is 13.4. The SMILES string of the molecule is COc1nc(N)nc2c1ncn2C1C=CC(CO)C1. The highest BCUT2D eigenvalue weighted by Gasteiger charge is 2.23. The minimum atomic E-state index is 0.126. The summed E-state index contributed by atoms with van der Waals surface area (Å²) in [5.41, 5.74) is 6.92. The van der Waals surface area contributed by atoms with Crippen molar-refractivity contribution in [3.63, 3.8) is 0 Å². The molecular formula is C12H15N5O2. The van der Waals surface area contributed by atoms with Gasteiger partial charge in [-0.3, -0.25) is 0 Å². The summed E-state index contributed by atoms with van der Waals surface area (Å²) in [5, 5.41) is 9.18. The molecule has 0 aromatic carbocycles. The van der Waals surface area contributed by atoms with E-state index >= 15 is 0 Å². The van der Waals surface area contributed by atoms with Crippen molar-refractivity contribution in [2.75, 3.05) is 19.5 Å². The number of hydrogen-bond acceptors (Lipinski definition) is 6. The summed E-state index contributed by atoms with van der Waals surface area (Å²) < 4.78 is 7.09. The van der Waals surface area contributed by atoms with Gasteiger partial charge < -0.3 is 20.1 Å². The van der Waals surface area contributed by atoms with Gasteiger partial charge in [0.05, 0.1) is 19.5 Å². The zero-order valence-corrected chi connectivity index (χ0v) is 10.5. The Hall–Kier alpha value is -2.15. The van der Waals surface area contributed by atoms with Gasteiger partial charge in [0.2, 0.25) is 11.8 Å². The van der Waals surface area contributed by atoms with Crippen molar-refractivity contribution in [1.29, 1.82) is 0 Å². The summed E-state index contributed by atoms with van der Waals surface area (Å²) in [4.78, 5) is 12.5. The molecule has 2 aromatic heterocycles. The van der Waals surface area contributed by atoms with Gasteiger partial charge in [0.25, 0.3) is 0 Å². The van der Waals surface area contributed by atoms with Crippen LogP contribution in [0, 0.1) is 5.92 Å². The maximum absolute atomic E-state index is 9.18. The smallest absolute Gasteiger partial charge is 0.246 e. The maximum atomic E-state index is 9.18. The Kier molecular flexibility index (Phi) is 2.83. The summed E-state index contributed by atoms with van der Waals surface area (Å²) in [6, 6.07) is 0.126. The van der Waals surface area contributed by atoms with E-state index in [4.69, 9.17) is 10.5 Å². The number of nitrogens with zero attached hydrogens (tertiary/aromatic N) is 4. The first kappa shape index (κ1) is 11.9. The van der Waals surface area contributed by atoms with Crippen LogP contribution < -0.4 is 10.5 Å². The van der Waals surface area contributed by atoms with Crippen molar-refractivity contribution in [2.24, 2.45) is 5.92 Å². The molecule has 0 aliphatic heterocycles. The van der Waals surface area contributed by atoms with Crippen LogP contribution in [0.15, 0.2) is 18.5 Å². The fourth-order valence-electron chi connectivity index (χ4n) is 2.39. The molecule has 2 aromatic rings. The standard InChI is InChI=1S/C12H15N5O2/c1-19-11-9-10(15-12(13)16-11)17(6-14-9)8-3-2-7(4-8)5-18/h2-3,6-8,18H,4-5H2,1H3,(H2,13,15,16). The lowest BCUT2D eigenvalue weighted by molar-refractivity contribution is 0.244. The highest BCUT2D eigenvalue weighted by Crippen LogP contribution is 2.31. The Morgan fingerprint density at radius 2 is 2.32 bits per heavy atom. The molecule has 100 valence electrons. The van der Waals surface area contributed by atoms with E-state index < -0.39 is 0 Å². The number of aliphatic hydroxyl groups is 1. The third kappa shape index (κ3) is 1.91. The summed E-state index contributed by atoms with van der Waals surface area (Å²) in [5.74, 6) is 0.720. The normalized spacial score (nSPS) is 22.2. The number of anilines is 1. The van der Waals surface area contributed by atoms with E-state index in [1.54, 1.807) is 6.33 Å². The Morgan fingerprint density at radius 3 is 3.00 bits per heavy atom. The monoisotopic (exact) mass is 261 g/mol. The van der Waals surface area contributed by atoms with Gasteiger partial charge in [-0.15, -0.1) is 0 Å². The Labute approximate surface area is 109 Å². The highest BCUT2D eigenvalue weighted by molar-refractivity contribution is 5.77. The fourth-order valence-corrected chi connectivity index (χ4v) is 2.39. The second kappa shape index (κ2) is 4.51. The highest BCUT2D eigenvalue weighted by atomic mass is 16.5. The fraction of sp³-hybridized carbons (Fsp3) is 0.417. The molecule has 19 heavy (non-hydrogen) atoms. The largest absolute Gasteiger partial charge is 0.479 e. The van der Waals surface area contributed by atoms with E-state index in [1.165, 1.54) is 7.11 Å². The van der Waals surface area contributed by atoms with Crippen molar-refractivity contribution in [1.82, 2.24) is 19.5 Å². The number of nitrogens with two attached hydrogens (primary N) is 1. The molecule has 0 bridgehead atoms. The number of ether oxygens (including phenoxy) is 1. The molecule has 7 heteroatoms. The van der Waals surface area contributed by atoms with Crippen LogP contribution in [-0.2, 0) is 0 Å². The van der Waals surface area contributed by atoms with E-state index in [9.17, 15) is 5.11 Å². The Balaban J connectivity index is 2.06. The first-order valence-electron chi connectivity index (χ1n) is 6.06. The molecule has 3 rings (SSSR count). The number of hydrogen-bond donors (Lipinski definition) is 2. The molecule has 0 spiro atoms. The van der Waals surface area contributed by atoms with E-state index in [-0.39, 0.29) is 24.5 Å². The number of fused-ring (bicyclic) bond motifs is 1. The molecule has 0 fully saturated rings. The number of methoxy groups -OCH3 is 1.